The predicted molar refractivity (Wildman–Crippen MR) is 79.8 cm³/mol. The van der Waals surface area contributed by atoms with E-state index in [4.69, 9.17) is 4.74 Å². The fourth-order valence-electron chi connectivity index (χ4n) is 3.05. The second-order valence-corrected chi connectivity index (χ2v) is 6.29. The van der Waals surface area contributed by atoms with E-state index < -0.39 is 30.7 Å². The van der Waals surface area contributed by atoms with E-state index in [-0.39, 0.29) is 19.1 Å². The van der Waals surface area contributed by atoms with Crippen LogP contribution in [0.25, 0.3) is 0 Å². The molecule has 1 aromatic rings. The zero-order chi connectivity index (χ0) is 17.4. The number of aliphatic hydroxyl groups is 1. The van der Waals surface area contributed by atoms with Gasteiger partial charge in [0.15, 0.2) is 5.60 Å². The van der Waals surface area contributed by atoms with Crippen molar-refractivity contribution >= 4 is 6.03 Å². The molecule has 2 aliphatic heterocycles. The second kappa shape index (κ2) is 6.16. The van der Waals surface area contributed by atoms with Crippen LogP contribution in [0, 0.1) is 0 Å². The largest absolute Gasteiger partial charge is 0.491 e. The molecule has 5 nitrogen and oxygen atoms in total. The number of fused-ring (bicyclic) bond motifs is 1. The van der Waals surface area contributed by atoms with Crippen LogP contribution < -0.4 is 10.1 Å². The third-order valence-electron chi connectivity index (χ3n) is 4.61. The Kier molecular flexibility index (Phi) is 4.33. The van der Waals surface area contributed by atoms with Crippen molar-refractivity contribution in [2.24, 2.45) is 0 Å². The summed E-state index contributed by atoms with van der Waals surface area (Å²) in [5.74, 6) is 0.788. The zero-order valence-corrected chi connectivity index (χ0v) is 13.0. The number of hydrogen-bond acceptors (Lipinski definition) is 3. The zero-order valence-electron chi connectivity index (χ0n) is 13.0. The van der Waals surface area contributed by atoms with Crippen LogP contribution in [0.15, 0.2) is 24.3 Å². The Hall–Kier alpha value is -1.96. The summed E-state index contributed by atoms with van der Waals surface area (Å²) >= 11 is 0. The molecule has 0 aliphatic carbocycles. The Morgan fingerprint density at radius 1 is 1.29 bits per heavy atom. The molecular formula is C16H19F3N2O3. The first-order chi connectivity index (χ1) is 11.3. The first-order valence-corrected chi connectivity index (χ1v) is 7.84. The molecule has 2 amide bonds. The standard InChI is InChI=1S/C16H19F3N2O3/c17-16(18,19)15(23)5-7-21(8-6-15)14(22)20-12-9-11-3-1-2-4-13(11)24-10-12/h1-4,12,23H,5-10H2,(H,20,22)/t12-/m1/s1. The monoisotopic (exact) mass is 344 g/mol. The fraction of sp³-hybridized carbons (Fsp3) is 0.562. The highest BCUT2D eigenvalue weighted by Gasteiger charge is 2.54. The molecule has 2 heterocycles. The van der Waals surface area contributed by atoms with Crippen molar-refractivity contribution in [1.29, 1.82) is 0 Å². The van der Waals surface area contributed by atoms with Crippen LogP contribution in [0.3, 0.4) is 0 Å². The molecule has 0 radical (unpaired) electrons. The van der Waals surface area contributed by atoms with E-state index in [1.54, 1.807) is 0 Å². The van der Waals surface area contributed by atoms with Gasteiger partial charge in [-0.05, 0) is 18.1 Å². The molecule has 2 aliphatic rings. The molecule has 0 bridgehead atoms. The predicted octanol–water partition coefficient (Wildman–Crippen LogP) is 2.09. The van der Waals surface area contributed by atoms with E-state index in [0.717, 1.165) is 11.3 Å². The lowest BCUT2D eigenvalue weighted by molar-refractivity contribution is -0.271. The summed E-state index contributed by atoms with van der Waals surface area (Å²) in [5, 5.41) is 12.4. The number of piperidine rings is 1. The van der Waals surface area contributed by atoms with E-state index >= 15 is 0 Å². The number of nitrogens with one attached hydrogen (secondary N) is 1. The Balaban J connectivity index is 1.54. The molecule has 1 fully saturated rings. The maximum Gasteiger partial charge on any atom is 0.417 e. The fourth-order valence-corrected chi connectivity index (χ4v) is 3.05. The van der Waals surface area contributed by atoms with Crippen molar-refractivity contribution in [2.75, 3.05) is 19.7 Å². The number of carbonyl (C=O) groups is 1. The molecule has 1 saturated heterocycles. The molecular weight excluding hydrogens is 325 g/mol. The third-order valence-corrected chi connectivity index (χ3v) is 4.61. The van der Waals surface area contributed by atoms with Crippen LogP contribution in [0.5, 0.6) is 5.75 Å². The lowest BCUT2D eigenvalue weighted by atomic mass is 9.91. The van der Waals surface area contributed by atoms with Crippen molar-refractivity contribution in [1.82, 2.24) is 10.2 Å². The van der Waals surface area contributed by atoms with Gasteiger partial charge < -0.3 is 20.1 Å². The van der Waals surface area contributed by atoms with Gasteiger partial charge in [-0.1, -0.05) is 18.2 Å². The summed E-state index contributed by atoms with van der Waals surface area (Å²) in [6, 6.07) is 6.87. The molecule has 1 atom stereocenters. The molecule has 1 aromatic carbocycles. The van der Waals surface area contributed by atoms with E-state index in [1.807, 2.05) is 24.3 Å². The van der Waals surface area contributed by atoms with Gasteiger partial charge >= 0.3 is 12.2 Å². The topological polar surface area (TPSA) is 61.8 Å². The minimum absolute atomic E-state index is 0.133. The van der Waals surface area contributed by atoms with Gasteiger partial charge in [0.2, 0.25) is 0 Å². The first kappa shape index (κ1) is 16.9. The van der Waals surface area contributed by atoms with Crippen molar-refractivity contribution in [2.45, 2.75) is 37.1 Å². The highest BCUT2D eigenvalue weighted by atomic mass is 19.4. The van der Waals surface area contributed by atoms with Gasteiger partial charge in [0, 0.05) is 25.9 Å². The van der Waals surface area contributed by atoms with Crippen LogP contribution in [-0.2, 0) is 6.42 Å². The summed E-state index contributed by atoms with van der Waals surface area (Å²) in [7, 11) is 0. The van der Waals surface area contributed by atoms with Gasteiger partial charge in [-0.25, -0.2) is 4.79 Å². The molecule has 3 rings (SSSR count). The second-order valence-electron chi connectivity index (χ2n) is 6.29. The van der Waals surface area contributed by atoms with Gasteiger partial charge in [0.25, 0.3) is 0 Å². The molecule has 0 saturated carbocycles. The van der Waals surface area contributed by atoms with E-state index in [2.05, 4.69) is 5.32 Å². The summed E-state index contributed by atoms with van der Waals surface area (Å²) in [6.07, 6.45) is -5.07. The van der Waals surface area contributed by atoms with Gasteiger partial charge in [0.1, 0.15) is 12.4 Å². The molecule has 0 spiro atoms. The number of amides is 2. The normalized spacial score (nSPS) is 23.2. The quantitative estimate of drug-likeness (QED) is 0.820. The van der Waals surface area contributed by atoms with Gasteiger partial charge in [-0.15, -0.1) is 0 Å². The summed E-state index contributed by atoms with van der Waals surface area (Å²) < 4.78 is 43.9. The van der Waals surface area contributed by atoms with E-state index in [1.165, 1.54) is 4.90 Å². The Labute approximate surface area is 137 Å². The minimum Gasteiger partial charge on any atom is -0.491 e. The number of halogens is 3. The Bertz CT molecular complexity index is 613. The number of rotatable bonds is 1. The number of likely N-dealkylation sites (tertiary alicyclic amines) is 1. The first-order valence-electron chi connectivity index (χ1n) is 7.84. The maximum atomic E-state index is 12.8. The van der Waals surface area contributed by atoms with E-state index in [0.29, 0.717) is 13.0 Å². The highest BCUT2D eigenvalue weighted by Crippen LogP contribution is 2.38. The highest BCUT2D eigenvalue weighted by molar-refractivity contribution is 5.74. The minimum atomic E-state index is -4.67. The van der Waals surface area contributed by atoms with Crippen molar-refractivity contribution in [3.05, 3.63) is 29.8 Å². The number of urea groups is 1. The molecule has 2 N–H and O–H groups in total. The van der Waals surface area contributed by atoms with Crippen LogP contribution >= 0.6 is 0 Å². The number of nitrogens with zero attached hydrogens (tertiary/aromatic N) is 1. The van der Waals surface area contributed by atoms with Crippen LogP contribution in [0.2, 0.25) is 0 Å². The summed E-state index contributed by atoms with van der Waals surface area (Å²) in [6.45, 7) is 0.0566. The number of carbonyl (C=O) groups excluding carboxylic acids is 1. The number of alkyl halides is 3. The molecule has 24 heavy (non-hydrogen) atoms. The average molecular weight is 344 g/mol. The Morgan fingerprint density at radius 2 is 1.96 bits per heavy atom. The number of benzene rings is 1. The number of ether oxygens (including phenoxy) is 1. The SMILES string of the molecule is O=C(N[C@H]1COc2ccccc2C1)N1CCC(O)(C(F)(F)F)CC1. The van der Waals surface area contributed by atoms with Gasteiger partial charge in [0.05, 0.1) is 6.04 Å². The van der Waals surface area contributed by atoms with Crippen molar-refractivity contribution in [3.63, 3.8) is 0 Å². The van der Waals surface area contributed by atoms with Gasteiger partial charge in [-0.2, -0.15) is 13.2 Å². The number of hydrogen-bond donors (Lipinski definition) is 2. The summed E-state index contributed by atoms with van der Waals surface area (Å²) in [5.41, 5.74) is -1.71. The lowest BCUT2D eigenvalue weighted by Crippen LogP contribution is -2.57. The molecule has 132 valence electrons. The number of para-hydroxylation sites is 1. The van der Waals surface area contributed by atoms with Crippen molar-refractivity contribution < 1.29 is 27.8 Å². The smallest absolute Gasteiger partial charge is 0.417 e. The van der Waals surface area contributed by atoms with E-state index in [9.17, 15) is 23.1 Å². The van der Waals surface area contributed by atoms with Crippen LogP contribution in [0.4, 0.5) is 18.0 Å². The molecule has 8 heteroatoms. The Morgan fingerprint density at radius 3 is 2.62 bits per heavy atom. The molecule has 0 unspecified atom stereocenters. The van der Waals surface area contributed by atoms with Crippen LogP contribution in [0.1, 0.15) is 18.4 Å². The van der Waals surface area contributed by atoms with Crippen molar-refractivity contribution in [3.8, 4) is 5.75 Å². The maximum absolute atomic E-state index is 12.8. The summed E-state index contributed by atoms with van der Waals surface area (Å²) in [4.78, 5) is 13.5. The van der Waals surface area contributed by atoms with Crippen LogP contribution in [-0.4, -0.2) is 53.6 Å². The van der Waals surface area contributed by atoms with Gasteiger partial charge in [-0.3, -0.25) is 0 Å². The molecule has 0 aromatic heterocycles. The third kappa shape index (κ3) is 3.28. The average Bonchev–Trinajstić information content (AvgIpc) is 2.54. The lowest BCUT2D eigenvalue weighted by Gasteiger charge is -2.39.